The normalized spacial score (nSPS) is 16.2. The predicted octanol–water partition coefficient (Wildman–Crippen LogP) is 4.55. The van der Waals surface area contributed by atoms with Crippen molar-refractivity contribution in [2.45, 2.75) is 13.3 Å². The molecule has 2 aromatic carbocycles. The zero-order valence-corrected chi connectivity index (χ0v) is 15.5. The van der Waals surface area contributed by atoms with Crippen molar-refractivity contribution in [1.29, 1.82) is 5.26 Å². The molecule has 0 radical (unpaired) electrons. The van der Waals surface area contributed by atoms with Crippen molar-refractivity contribution in [3.05, 3.63) is 65.7 Å². The van der Waals surface area contributed by atoms with Gasteiger partial charge in [-0.2, -0.15) is 5.26 Å². The molecule has 0 bridgehead atoms. The maximum atomic E-state index is 9.06. The van der Waals surface area contributed by atoms with Gasteiger partial charge >= 0.3 is 0 Å². The molecular weight excluding hydrogens is 332 g/mol. The fourth-order valence-electron chi connectivity index (χ4n) is 3.59. The summed E-state index contributed by atoms with van der Waals surface area (Å²) in [5.41, 5.74) is 6.45. The smallest absolute Gasteiger partial charge is 0.104 e. The topological polar surface area (TPSA) is 63.6 Å². The van der Waals surface area contributed by atoms with Gasteiger partial charge in [-0.25, -0.2) is 0 Å². The van der Waals surface area contributed by atoms with Gasteiger partial charge in [0.1, 0.15) is 5.82 Å². The maximum Gasteiger partial charge on any atom is 0.104 e. The lowest BCUT2D eigenvalue weighted by Gasteiger charge is -2.09. The second-order valence-corrected chi connectivity index (χ2v) is 7.27. The molecule has 3 aromatic rings. The molecule has 27 heavy (non-hydrogen) atoms. The van der Waals surface area contributed by atoms with Crippen LogP contribution in [0.3, 0.4) is 0 Å². The average Bonchev–Trinajstić information content (AvgIpc) is 3.37. The average molecular weight is 356 g/mol. The van der Waals surface area contributed by atoms with Crippen LogP contribution in [0.5, 0.6) is 0 Å². The molecule has 0 unspecified atom stereocenters. The quantitative estimate of drug-likeness (QED) is 0.628. The first-order valence-corrected chi connectivity index (χ1v) is 9.48. The standard InChI is InChI=1S/C23H24N4/c1-16-2-6-20(7-3-16)23-21(19-8-4-17(13-24)5-9-19)12-22(27-23)26-15-18-10-11-25-14-18/h2-9,12,18,25-27H,10-11,14-15H2,1H3/t18-/m0/s1. The highest BCUT2D eigenvalue weighted by Gasteiger charge is 2.16. The summed E-state index contributed by atoms with van der Waals surface area (Å²) in [5, 5.41) is 16.1. The van der Waals surface area contributed by atoms with Gasteiger partial charge in [0.15, 0.2) is 0 Å². The molecule has 136 valence electrons. The van der Waals surface area contributed by atoms with Crippen LogP contribution in [0, 0.1) is 24.2 Å². The molecule has 0 saturated carbocycles. The van der Waals surface area contributed by atoms with Crippen LogP contribution in [-0.4, -0.2) is 24.6 Å². The van der Waals surface area contributed by atoms with E-state index in [1.54, 1.807) is 0 Å². The number of benzene rings is 2. The summed E-state index contributed by atoms with van der Waals surface area (Å²) >= 11 is 0. The van der Waals surface area contributed by atoms with E-state index in [-0.39, 0.29) is 0 Å². The number of nitrogens with zero attached hydrogens (tertiary/aromatic N) is 1. The lowest BCUT2D eigenvalue weighted by Crippen LogP contribution is -2.17. The van der Waals surface area contributed by atoms with Gasteiger partial charge in [-0.3, -0.25) is 0 Å². The maximum absolute atomic E-state index is 9.06. The van der Waals surface area contributed by atoms with Gasteiger partial charge in [0.25, 0.3) is 0 Å². The van der Waals surface area contributed by atoms with Crippen LogP contribution in [0.4, 0.5) is 5.82 Å². The summed E-state index contributed by atoms with van der Waals surface area (Å²) in [6.07, 6.45) is 1.22. The van der Waals surface area contributed by atoms with Crippen molar-refractivity contribution in [1.82, 2.24) is 10.3 Å². The first-order valence-electron chi connectivity index (χ1n) is 9.48. The van der Waals surface area contributed by atoms with Gasteiger partial charge in [0.2, 0.25) is 0 Å². The molecule has 2 heterocycles. The van der Waals surface area contributed by atoms with E-state index in [1.807, 2.05) is 24.3 Å². The van der Waals surface area contributed by atoms with E-state index in [0.29, 0.717) is 11.5 Å². The molecule has 4 nitrogen and oxygen atoms in total. The minimum atomic E-state index is 0.675. The van der Waals surface area contributed by atoms with Gasteiger partial charge in [-0.1, -0.05) is 42.0 Å². The highest BCUT2D eigenvalue weighted by Crippen LogP contribution is 2.34. The number of hydrogen-bond donors (Lipinski definition) is 3. The molecule has 1 saturated heterocycles. The summed E-state index contributed by atoms with van der Waals surface area (Å²) < 4.78 is 0. The van der Waals surface area contributed by atoms with Crippen LogP contribution in [0.2, 0.25) is 0 Å². The number of nitriles is 1. The zero-order valence-electron chi connectivity index (χ0n) is 15.5. The molecule has 1 aliphatic rings. The molecule has 1 atom stereocenters. The van der Waals surface area contributed by atoms with Crippen LogP contribution >= 0.6 is 0 Å². The van der Waals surface area contributed by atoms with Gasteiger partial charge in [-0.15, -0.1) is 0 Å². The molecule has 0 spiro atoms. The number of nitrogens with one attached hydrogen (secondary N) is 3. The molecule has 1 fully saturated rings. The lowest BCUT2D eigenvalue weighted by atomic mass is 10.00. The van der Waals surface area contributed by atoms with E-state index in [0.717, 1.165) is 47.8 Å². The highest BCUT2D eigenvalue weighted by atomic mass is 15.0. The van der Waals surface area contributed by atoms with Crippen LogP contribution in [0.25, 0.3) is 22.4 Å². The van der Waals surface area contributed by atoms with E-state index < -0.39 is 0 Å². The molecule has 1 aliphatic heterocycles. The molecule has 0 amide bonds. The number of aryl methyl sites for hydroxylation is 1. The lowest BCUT2D eigenvalue weighted by molar-refractivity contribution is 0.614. The largest absolute Gasteiger partial charge is 0.371 e. The second-order valence-electron chi connectivity index (χ2n) is 7.27. The highest BCUT2D eigenvalue weighted by molar-refractivity contribution is 5.84. The minimum absolute atomic E-state index is 0.675. The van der Waals surface area contributed by atoms with Crippen LogP contribution in [0.1, 0.15) is 17.5 Å². The Bertz CT molecular complexity index is 940. The van der Waals surface area contributed by atoms with Crippen molar-refractivity contribution < 1.29 is 0 Å². The third-order valence-corrected chi connectivity index (χ3v) is 5.23. The van der Waals surface area contributed by atoms with E-state index in [4.69, 9.17) is 5.26 Å². The summed E-state index contributed by atoms with van der Waals surface area (Å²) in [6, 6.07) is 20.7. The molecule has 1 aromatic heterocycles. The van der Waals surface area contributed by atoms with Crippen molar-refractivity contribution >= 4 is 5.82 Å². The molecule has 0 aliphatic carbocycles. The molecule has 4 heteroatoms. The molecule has 3 N–H and O–H groups in total. The van der Waals surface area contributed by atoms with E-state index in [9.17, 15) is 0 Å². The first-order chi connectivity index (χ1) is 13.2. The van der Waals surface area contributed by atoms with Gasteiger partial charge in [0, 0.05) is 12.1 Å². The van der Waals surface area contributed by atoms with Gasteiger partial charge < -0.3 is 15.6 Å². The SMILES string of the molecule is Cc1ccc(-c2[nH]c(NC[C@H]3CCNC3)cc2-c2ccc(C#N)cc2)cc1. The summed E-state index contributed by atoms with van der Waals surface area (Å²) in [6.45, 7) is 5.26. The third-order valence-electron chi connectivity index (χ3n) is 5.23. The van der Waals surface area contributed by atoms with E-state index in [2.05, 4.69) is 58.9 Å². The van der Waals surface area contributed by atoms with Gasteiger partial charge in [0.05, 0.1) is 17.3 Å². The second kappa shape index (κ2) is 7.69. The number of hydrogen-bond acceptors (Lipinski definition) is 3. The fourth-order valence-corrected chi connectivity index (χ4v) is 3.59. The first kappa shape index (κ1) is 17.4. The number of anilines is 1. The van der Waals surface area contributed by atoms with Gasteiger partial charge in [-0.05, 0) is 61.7 Å². The predicted molar refractivity (Wildman–Crippen MR) is 111 cm³/mol. The number of rotatable bonds is 5. The molecule has 4 rings (SSSR count). The Kier molecular flexibility index (Phi) is 4.95. The Labute approximate surface area is 160 Å². The van der Waals surface area contributed by atoms with E-state index >= 15 is 0 Å². The third kappa shape index (κ3) is 3.89. The van der Waals surface area contributed by atoms with E-state index in [1.165, 1.54) is 12.0 Å². The Hall–Kier alpha value is -3.03. The van der Waals surface area contributed by atoms with Crippen molar-refractivity contribution in [3.8, 4) is 28.5 Å². The number of H-pyrrole nitrogens is 1. The van der Waals surface area contributed by atoms with Crippen LogP contribution in [-0.2, 0) is 0 Å². The Balaban J connectivity index is 1.67. The monoisotopic (exact) mass is 356 g/mol. The Morgan fingerprint density at radius 1 is 1.07 bits per heavy atom. The minimum Gasteiger partial charge on any atom is -0.371 e. The summed E-state index contributed by atoms with van der Waals surface area (Å²) in [7, 11) is 0. The number of aromatic nitrogens is 1. The van der Waals surface area contributed by atoms with Crippen LogP contribution in [0.15, 0.2) is 54.6 Å². The summed E-state index contributed by atoms with van der Waals surface area (Å²) in [5.74, 6) is 1.71. The zero-order chi connectivity index (χ0) is 18.6. The summed E-state index contributed by atoms with van der Waals surface area (Å²) in [4.78, 5) is 3.57. The Morgan fingerprint density at radius 3 is 2.48 bits per heavy atom. The van der Waals surface area contributed by atoms with Crippen molar-refractivity contribution in [2.24, 2.45) is 5.92 Å². The number of aromatic amines is 1. The Morgan fingerprint density at radius 2 is 1.81 bits per heavy atom. The fraction of sp³-hybridized carbons (Fsp3) is 0.261. The van der Waals surface area contributed by atoms with Crippen molar-refractivity contribution in [2.75, 3.05) is 25.0 Å². The van der Waals surface area contributed by atoms with Crippen LogP contribution < -0.4 is 10.6 Å². The molecular formula is C23H24N4. The van der Waals surface area contributed by atoms with Crippen molar-refractivity contribution in [3.63, 3.8) is 0 Å².